The Labute approximate surface area is 204 Å². The van der Waals surface area contributed by atoms with Crippen molar-refractivity contribution in [2.75, 3.05) is 11.1 Å². The van der Waals surface area contributed by atoms with E-state index >= 15 is 0 Å². The number of fused-ring (bicyclic) bond motifs is 2. The van der Waals surface area contributed by atoms with Crippen LogP contribution in [0, 0.1) is 0 Å². The molecule has 2 N–H and O–H groups in total. The van der Waals surface area contributed by atoms with Crippen LogP contribution in [-0.2, 0) is 15.1 Å². The number of thioether (sulfide) groups is 1. The first-order valence-corrected chi connectivity index (χ1v) is 12.6. The number of phenolic OH excluding ortho intramolecular Hbond substituents is 1. The zero-order chi connectivity index (χ0) is 23.3. The minimum Gasteiger partial charge on any atom is -0.508 e. The minimum absolute atomic E-state index is 0.168. The summed E-state index contributed by atoms with van der Waals surface area (Å²) in [5.41, 5.74) is 2.22. The summed E-state index contributed by atoms with van der Waals surface area (Å²) in [4.78, 5) is 31.6. The summed E-state index contributed by atoms with van der Waals surface area (Å²) in [6.07, 6.45) is 2.01. The number of amidine groups is 1. The first kappa shape index (κ1) is 21.1. The van der Waals surface area contributed by atoms with E-state index in [1.165, 1.54) is 23.7 Å². The van der Waals surface area contributed by atoms with Gasteiger partial charge in [-0.3, -0.25) is 13.9 Å². The van der Waals surface area contributed by atoms with Crippen LogP contribution in [0.1, 0.15) is 21.9 Å². The number of carbonyl (C=O) groups excluding carboxylic acids is 2. The van der Waals surface area contributed by atoms with Crippen LogP contribution in [-0.4, -0.2) is 32.0 Å². The highest BCUT2D eigenvalue weighted by atomic mass is 32.2. The molecule has 1 amide bonds. The Hall–Kier alpha value is -3.49. The summed E-state index contributed by atoms with van der Waals surface area (Å²) in [6.45, 7) is 0. The largest absolute Gasteiger partial charge is 0.508 e. The number of rotatable bonds is 2. The van der Waals surface area contributed by atoms with Crippen LogP contribution in [0.25, 0.3) is 5.70 Å². The number of hydrogen-bond donors (Lipinski definition) is 2. The Morgan fingerprint density at radius 2 is 1.71 bits per heavy atom. The molecule has 3 aromatic carbocycles. The molecule has 8 heteroatoms. The van der Waals surface area contributed by atoms with E-state index in [-0.39, 0.29) is 28.4 Å². The molecule has 1 fully saturated rings. The van der Waals surface area contributed by atoms with Crippen molar-refractivity contribution in [2.24, 2.45) is 4.99 Å². The molecule has 3 heterocycles. The maximum Gasteiger partial charge on any atom is 0.263 e. The maximum atomic E-state index is 13.4. The molecule has 1 spiro atoms. The van der Waals surface area contributed by atoms with Crippen molar-refractivity contribution >= 4 is 52.0 Å². The third-order valence-electron chi connectivity index (χ3n) is 6.17. The van der Waals surface area contributed by atoms with E-state index in [1.807, 2.05) is 72.8 Å². The molecule has 1 saturated heterocycles. The number of phenols is 1. The fourth-order valence-electron chi connectivity index (χ4n) is 4.56. The van der Waals surface area contributed by atoms with Crippen molar-refractivity contribution in [1.82, 2.24) is 4.31 Å². The lowest BCUT2D eigenvalue weighted by Gasteiger charge is -2.34. The molecule has 0 aliphatic carbocycles. The standard InChI is InChI=1S/C26H19N3O3S2/c30-21-13-7-4-10-17(21)22-14-20(16-8-2-1-3-9-16)28-25(34-22)29-26(23(31)15-33-29)18-11-5-6-12-19(18)27-24(26)32/h1-14,22,30H,15H2,(H,27,32). The molecule has 0 aromatic heterocycles. The van der Waals surface area contributed by atoms with Gasteiger partial charge in [0.1, 0.15) is 5.75 Å². The highest BCUT2D eigenvalue weighted by Crippen LogP contribution is 2.53. The number of para-hydroxylation sites is 2. The SMILES string of the molecule is O=C1CSN(C2=NC(c3ccccc3)=CC(c3ccccc3O)S2)C12C(=O)Nc1ccccc12. The lowest BCUT2D eigenvalue weighted by atomic mass is 9.87. The Balaban J connectivity index is 1.50. The second-order valence-electron chi connectivity index (χ2n) is 8.11. The molecule has 3 aliphatic heterocycles. The molecule has 2 unspecified atom stereocenters. The molecule has 0 radical (unpaired) electrons. The van der Waals surface area contributed by atoms with Crippen LogP contribution in [0.2, 0.25) is 0 Å². The molecular formula is C26H19N3O3S2. The van der Waals surface area contributed by atoms with Gasteiger partial charge in [0.2, 0.25) is 5.54 Å². The third-order valence-corrected chi connectivity index (χ3v) is 8.51. The van der Waals surface area contributed by atoms with Crippen molar-refractivity contribution in [3.63, 3.8) is 0 Å². The summed E-state index contributed by atoms with van der Waals surface area (Å²) in [5.74, 6) is -0.165. The number of Topliss-reactive ketones (excluding diaryl/α,β-unsaturated/α-hetero) is 1. The van der Waals surface area contributed by atoms with Crippen LogP contribution < -0.4 is 5.32 Å². The molecule has 2 atom stereocenters. The molecule has 6 rings (SSSR count). The second kappa shape index (κ2) is 8.07. The topological polar surface area (TPSA) is 82.0 Å². The van der Waals surface area contributed by atoms with E-state index in [0.717, 1.165) is 16.8 Å². The Morgan fingerprint density at radius 1 is 0.971 bits per heavy atom. The van der Waals surface area contributed by atoms with Gasteiger partial charge in [0.05, 0.1) is 16.7 Å². The molecule has 168 valence electrons. The average Bonchev–Trinajstić information content (AvgIpc) is 3.37. The van der Waals surface area contributed by atoms with Gasteiger partial charge in [-0.2, -0.15) is 0 Å². The van der Waals surface area contributed by atoms with Crippen LogP contribution in [0.5, 0.6) is 5.75 Å². The van der Waals surface area contributed by atoms with E-state index in [0.29, 0.717) is 16.4 Å². The minimum atomic E-state index is -1.46. The van der Waals surface area contributed by atoms with Gasteiger partial charge < -0.3 is 10.4 Å². The zero-order valence-electron chi connectivity index (χ0n) is 17.8. The number of aromatic hydroxyl groups is 1. The number of anilines is 1. The number of nitrogens with zero attached hydrogens (tertiary/aromatic N) is 2. The lowest BCUT2D eigenvalue weighted by molar-refractivity contribution is -0.133. The number of carbonyl (C=O) groups is 2. The fraction of sp³-hybridized carbons (Fsp3) is 0.115. The zero-order valence-corrected chi connectivity index (χ0v) is 19.5. The number of aliphatic imine (C=N–C) groups is 1. The van der Waals surface area contributed by atoms with Crippen molar-refractivity contribution in [1.29, 1.82) is 0 Å². The average molecular weight is 486 g/mol. The van der Waals surface area contributed by atoms with E-state index in [2.05, 4.69) is 5.32 Å². The third kappa shape index (κ3) is 3.09. The Kier molecular flexibility index (Phi) is 5.00. The van der Waals surface area contributed by atoms with Crippen molar-refractivity contribution in [3.05, 3.63) is 102 Å². The van der Waals surface area contributed by atoms with Gasteiger partial charge in [0.25, 0.3) is 5.91 Å². The first-order chi connectivity index (χ1) is 16.6. The predicted octanol–water partition coefficient (Wildman–Crippen LogP) is 4.96. The van der Waals surface area contributed by atoms with Crippen molar-refractivity contribution in [2.45, 2.75) is 10.8 Å². The molecule has 34 heavy (non-hydrogen) atoms. The number of benzene rings is 3. The smallest absolute Gasteiger partial charge is 0.263 e. The highest BCUT2D eigenvalue weighted by molar-refractivity contribution is 8.15. The second-order valence-corrected chi connectivity index (χ2v) is 10.1. The van der Waals surface area contributed by atoms with Gasteiger partial charge in [-0.25, -0.2) is 4.99 Å². The number of hydrogen-bond acceptors (Lipinski definition) is 7. The number of nitrogens with one attached hydrogen (secondary N) is 1. The summed E-state index contributed by atoms with van der Waals surface area (Å²) in [5, 5.41) is 13.8. The van der Waals surface area contributed by atoms with Gasteiger partial charge in [0, 0.05) is 16.8 Å². The maximum absolute atomic E-state index is 13.4. The molecule has 6 nitrogen and oxygen atoms in total. The number of ketones is 1. The molecule has 3 aromatic rings. The van der Waals surface area contributed by atoms with Gasteiger partial charge in [-0.15, -0.1) is 0 Å². The van der Waals surface area contributed by atoms with E-state index in [1.54, 1.807) is 16.4 Å². The Bertz CT molecular complexity index is 1390. The van der Waals surface area contributed by atoms with Crippen LogP contribution in [0.4, 0.5) is 5.69 Å². The van der Waals surface area contributed by atoms with Crippen LogP contribution in [0.3, 0.4) is 0 Å². The lowest BCUT2D eigenvalue weighted by Crippen LogP contribution is -2.51. The fourth-order valence-corrected chi connectivity index (χ4v) is 7.06. The van der Waals surface area contributed by atoms with Crippen molar-refractivity contribution < 1.29 is 14.7 Å². The molecular weight excluding hydrogens is 466 g/mol. The summed E-state index contributed by atoms with van der Waals surface area (Å²) in [6, 6.07) is 24.3. The molecule has 0 bridgehead atoms. The molecule has 0 saturated carbocycles. The van der Waals surface area contributed by atoms with Gasteiger partial charge >= 0.3 is 0 Å². The monoisotopic (exact) mass is 485 g/mol. The van der Waals surface area contributed by atoms with E-state index in [9.17, 15) is 14.7 Å². The van der Waals surface area contributed by atoms with Crippen molar-refractivity contribution in [3.8, 4) is 5.75 Å². The highest BCUT2D eigenvalue weighted by Gasteiger charge is 2.62. The first-order valence-electron chi connectivity index (χ1n) is 10.8. The van der Waals surface area contributed by atoms with Gasteiger partial charge in [-0.05, 0) is 35.7 Å². The molecule has 3 aliphatic rings. The summed E-state index contributed by atoms with van der Waals surface area (Å²) >= 11 is 2.72. The van der Waals surface area contributed by atoms with Crippen LogP contribution >= 0.6 is 23.7 Å². The van der Waals surface area contributed by atoms with Crippen LogP contribution in [0.15, 0.2) is 89.9 Å². The normalized spacial score (nSPS) is 23.5. The van der Waals surface area contributed by atoms with Gasteiger partial charge in [-0.1, -0.05) is 78.5 Å². The van der Waals surface area contributed by atoms with E-state index < -0.39 is 5.54 Å². The summed E-state index contributed by atoms with van der Waals surface area (Å²) < 4.78 is 1.77. The van der Waals surface area contributed by atoms with Gasteiger partial charge in [0.15, 0.2) is 11.0 Å². The summed E-state index contributed by atoms with van der Waals surface area (Å²) in [7, 11) is 0. The van der Waals surface area contributed by atoms with E-state index in [4.69, 9.17) is 4.99 Å². The number of amides is 1. The quantitative estimate of drug-likeness (QED) is 0.395. The predicted molar refractivity (Wildman–Crippen MR) is 136 cm³/mol. The Morgan fingerprint density at radius 3 is 2.53 bits per heavy atom.